The van der Waals surface area contributed by atoms with Crippen LogP contribution in [-0.2, 0) is 41.4 Å². The number of hydrogen-bond donors (Lipinski definition) is 0. The molecule has 1 aliphatic carbocycles. The van der Waals surface area contributed by atoms with Crippen LogP contribution < -0.4 is 4.90 Å². The fourth-order valence-electron chi connectivity index (χ4n) is 6.40. The smallest absolute Gasteiger partial charge is 0.418 e. The predicted octanol–water partition coefficient (Wildman–Crippen LogP) is 11.9. The van der Waals surface area contributed by atoms with Crippen molar-refractivity contribution in [1.82, 2.24) is 0 Å². The van der Waals surface area contributed by atoms with Crippen LogP contribution in [0.25, 0.3) is 0 Å². The predicted molar refractivity (Wildman–Crippen MR) is 173 cm³/mol. The van der Waals surface area contributed by atoms with Crippen molar-refractivity contribution in [2.75, 3.05) is 4.90 Å². The molecule has 2 fully saturated rings. The van der Waals surface area contributed by atoms with Crippen LogP contribution in [0.3, 0.4) is 0 Å². The van der Waals surface area contributed by atoms with Crippen LogP contribution >= 0.6 is 15.8 Å². The molecule has 5 rings (SSSR count). The first-order chi connectivity index (χ1) is 22.1. The summed E-state index contributed by atoms with van der Waals surface area (Å²) in [7, 11) is -8.13. The molecule has 0 aromatic heterocycles. The van der Waals surface area contributed by atoms with Gasteiger partial charge in [0.05, 0.1) is 27.4 Å². The molecule has 0 saturated carbocycles. The summed E-state index contributed by atoms with van der Waals surface area (Å²) in [6.45, 7) is 8.06. The van der Waals surface area contributed by atoms with Crippen molar-refractivity contribution in [3.63, 3.8) is 0 Å². The fraction of sp³-hybridized carbons (Fsp3) is 0.562. The molecule has 4 atom stereocenters. The van der Waals surface area contributed by atoms with Gasteiger partial charge in [0.2, 0.25) is 0 Å². The van der Waals surface area contributed by atoms with E-state index in [4.69, 9.17) is 0 Å². The minimum atomic E-state index is -6.00. The molecule has 3 aliphatic heterocycles. The van der Waals surface area contributed by atoms with Crippen molar-refractivity contribution < 1.29 is 72.7 Å². The summed E-state index contributed by atoms with van der Waals surface area (Å²) in [5, 5.41) is 0.778. The van der Waals surface area contributed by atoms with Crippen LogP contribution in [0.4, 0.5) is 49.3 Å². The quantitative estimate of drug-likeness (QED) is 0.100. The summed E-state index contributed by atoms with van der Waals surface area (Å²) in [5.74, 6) is -1.48. The molecule has 0 unspecified atom stereocenters. The Bertz CT molecular complexity index is 1280. The maximum absolute atomic E-state index is 13.8. The Hall–Kier alpha value is -1.57. The molecule has 276 valence electrons. The standard InChI is InChI=1S/C24H27F6NO2P2.C8H12.BF4.Rh/c1-12-5-6-13(2)34(12)19-20(35-14(3)7-8-15(35)4)22(33)31(21(19)32)18-10-16(23(25,26)27)9-17(11-18)24(28,29)30;1-2-4-6-8-7-5-3-1;2-1(3,4)5;/h9-15H,5-8H2,1-4H3;1-2,7-8H,3-6H2;;/q;;-1;+1/b;2-1-,8-7-;;/t12-,13-,14-,15-;;;/m1.../s1. The van der Waals surface area contributed by atoms with E-state index >= 15 is 0 Å². The molecule has 2 amide bonds. The van der Waals surface area contributed by atoms with E-state index in [1.54, 1.807) is 0 Å². The molecule has 0 bridgehead atoms. The van der Waals surface area contributed by atoms with Crippen LogP contribution in [0.1, 0.15) is 90.2 Å². The number of nitrogens with zero attached hydrogens (tertiary/aromatic N) is 1. The van der Waals surface area contributed by atoms with Gasteiger partial charge in [-0.15, -0.1) is 0 Å². The Morgan fingerprint density at radius 3 is 1.10 bits per heavy atom. The number of hydrogen-bond acceptors (Lipinski definition) is 2. The van der Waals surface area contributed by atoms with Crippen LogP contribution in [0.5, 0.6) is 0 Å². The number of carbonyl (C=O) groups is 2. The third kappa shape index (κ3) is 11.7. The normalized spacial score (nSPS) is 26.7. The van der Waals surface area contributed by atoms with Crippen molar-refractivity contribution in [2.45, 2.75) is 114 Å². The molecule has 2 saturated heterocycles. The molecular weight excluding hydrogens is 796 g/mol. The number of halogens is 10. The second-order valence-corrected chi connectivity index (χ2v) is 18.4. The van der Waals surface area contributed by atoms with Gasteiger partial charge in [0.1, 0.15) is 0 Å². The summed E-state index contributed by atoms with van der Waals surface area (Å²) >= 11 is 0. The fourth-order valence-corrected chi connectivity index (χ4v) is 13.6. The van der Waals surface area contributed by atoms with Crippen LogP contribution in [-0.4, -0.2) is 41.7 Å². The maximum Gasteiger partial charge on any atom is 1.00 e. The van der Waals surface area contributed by atoms with E-state index < -0.39 is 64.1 Å². The zero-order valence-electron chi connectivity index (χ0n) is 27.4. The topological polar surface area (TPSA) is 37.4 Å². The zero-order valence-corrected chi connectivity index (χ0v) is 30.8. The molecule has 0 radical (unpaired) electrons. The first-order valence-electron chi connectivity index (χ1n) is 15.8. The number of anilines is 1. The molecule has 0 spiro atoms. The van der Waals surface area contributed by atoms with Crippen LogP contribution in [0.2, 0.25) is 0 Å². The van der Waals surface area contributed by atoms with E-state index in [0.29, 0.717) is 27.7 Å². The second-order valence-electron chi connectivity index (χ2n) is 12.4. The van der Waals surface area contributed by atoms with Gasteiger partial charge >= 0.3 is 39.1 Å². The van der Waals surface area contributed by atoms with E-state index in [9.17, 15) is 53.2 Å². The van der Waals surface area contributed by atoms with Crippen molar-refractivity contribution in [3.05, 3.63) is 64.3 Å². The molecule has 3 nitrogen and oxygen atoms in total. The van der Waals surface area contributed by atoms with E-state index in [1.165, 1.54) is 25.7 Å². The van der Waals surface area contributed by atoms with E-state index in [0.717, 1.165) is 25.7 Å². The van der Waals surface area contributed by atoms with Gasteiger partial charge in [0.15, 0.2) is 0 Å². The van der Waals surface area contributed by atoms with Gasteiger partial charge in [0, 0.05) is 0 Å². The van der Waals surface area contributed by atoms with Gasteiger partial charge in [-0.1, -0.05) is 67.8 Å². The summed E-state index contributed by atoms with van der Waals surface area (Å²) in [5.41, 5.74) is -3.15. The number of rotatable bonds is 3. The van der Waals surface area contributed by atoms with Crippen LogP contribution in [0.15, 0.2) is 53.1 Å². The number of alkyl halides is 6. The molecule has 0 N–H and O–H groups in total. The van der Waals surface area contributed by atoms with Crippen molar-refractivity contribution in [1.29, 1.82) is 0 Å². The Balaban J connectivity index is 0.000000500. The monoisotopic (exact) mass is 835 g/mol. The number of benzene rings is 1. The van der Waals surface area contributed by atoms with E-state index in [2.05, 4.69) is 24.3 Å². The summed E-state index contributed by atoms with van der Waals surface area (Å²) in [6, 6.07) is 0.977. The Morgan fingerprint density at radius 2 is 0.857 bits per heavy atom. The largest absolute Gasteiger partial charge is 1.00 e. The zero-order chi connectivity index (χ0) is 36.2. The molecule has 4 aliphatic rings. The minimum absolute atomic E-state index is 0. The second kappa shape index (κ2) is 17.8. The molecule has 1 aromatic carbocycles. The number of allylic oxidation sites excluding steroid dienone is 4. The minimum Gasteiger partial charge on any atom is -0.418 e. The third-order valence-corrected chi connectivity index (χ3v) is 15.5. The molecule has 1 aromatic rings. The Morgan fingerprint density at radius 1 is 0.592 bits per heavy atom. The van der Waals surface area contributed by atoms with Crippen molar-refractivity contribution >= 4 is 40.6 Å². The van der Waals surface area contributed by atoms with E-state index in [1.807, 2.05) is 27.7 Å². The van der Waals surface area contributed by atoms with Gasteiger partial charge in [-0.25, -0.2) is 4.90 Å². The van der Waals surface area contributed by atoms with Crippen molar-refractivity contribution in [2.24, 2.45) is 0 Å². The average Bonchev–Trinajstić information content (AvgIpc) is 3.52. The molecule has 17 heteroatoms. The molecule has 49 heavy (non-hydrogen) atoms. The van der Waals surface area contributed by atoms with Gasteiger partial charge in [-0.3, -0.25) is 9.59 Å². The number of amides is 2. The SMILES string of the molecule is C1=C\CC/C=C\CC/1.C[C@@H]1CC[C@@H](C)P1C1=C(P2[C@H](C)CC[C@H]2C)C(=O)N(c2cc(C(F)(F)F)cc(C(F)(F)F)c2)C1=O.F[B-](F)(F)F.[Rh+]. The average molecular weight is 835 g/mol. The summed E-state index contributed by atoms with van der Waals surface area (Å²) < 4.78 is 120. The number of carbonyl (C=O) groups excluding carboxylic acids is 2. The Kier molecular flexibility index (Phi) is 15.8. The molecule has 3 heterocycles. The maximum atomic E-state index is 13.8. The van der Waals surface area contributed by atoms with Gasteiger partial charge in [-0.05, 0) is 92.2 Å². The number of imide groups is 1. The first kappa shape index (κ1) is 43.6. The third-order valence-electron chi connectivity index (χ3n) is 8.62. The van der Waals surface area contributed by atoms with Gasteiger partial charge in [-0.2, -0.15) is 26.3 Å². The summed E-state index contributed by atoms with van der Waals surface area (Å²) in [4.78, 5) is 28.2. The van der Waals surface area contributed by atoms with Crippen molar-refractivity contribution in [3.8, 4) is 0 Å². The van der Waals surface area contributed by atoms with Gasteiger partial charge in [0.25, 0.3) is 11.8 Å². The Labute approximate surface area is 295 Å². The van der Waals surface area contributed by atoms with Gasteiger partial charge < -0.3 is 17.3 Å². The first-order valence-corrected chi connectivity index (χ1v) is 18.7. The van der Waals surface area contributed by atoms with Crippen LogP contribution in [0, 0.1) is 0 Å². The summed E-state index contributed by atoms with van der Waals surface area (Å²) in [6.07, 6.45) is 7.34. The van der Waals surface area contributed by atoms with E-state index in [-0.39, 0.29) is 48.2 Å². The molecular formula is C32H39BF10NO2P2Rh.